The topological polar surface area (TPSA) is 3.24 Å². The Balaban J connectivity index is 1.59. The molecule has 2 aliphatic rings. The molecule has 1 heteroatoms. The summed E-state index contributed by atoms with van der Waals surface area (Å²) in [5.74, 6) is 0.929. The van der Waals surface area contributed by atoms with Crippen molar-refractivity contribution in [1.29, 1.82) is 0 Å². The maximum atomic E-state index is 4.37. The molecule has 1 aromatic carbocycles. The smallest absolute Gasteiger partial charge is 0.00162 e. The lowest BCUT2D eigenvalue weighted by atomic mass is 9.88. The van der Waals surface area contributed by atoms with Gasteiger partial charge in [-0.15, -0.1) is 0 Å². The largest absolute Gasteiger partial charge is 0.303 e. The third-order valence-electron chi connectivity index (χ3n) is 6.41. The number of aryl methyl sites for hydroxylation is 1. The molecule has 1 fully saturated rings. The molecule has 1 aromatic rings. The van der Waals surface area contributed by atoms with Crippen molar-refractivity contribution in [1.82, 2.24) is 4.90 Å². The van der Waals surface area contributed by atoms with Crippen LogP contribution < -0.4 is 0 Å². The van der Waals surface area contributed by atoms with Gasteiger partial charge in [0, 0.05) is 0 Å². The standard InChI is InChI=1S/C26H37N/c1-21-16-19-27(20-17-21)18-9-8-12-24-13-10-15-26(23(24)3)25-14-7-5-4-6-11-22(25)2/h5,7,10,13-15,21H,2,4,6,8-9,11-12,16-20H2,1,3H3/b7-5-,25-14+. The van der Waals surface area contributed by atoms with E-state index in [-0.39, 0.29) is 0 Å². The van der Waals surface area contributed by atoms with E-state index >= 15 is 0 Å². The molecule has 1 saturated heterocycles. The van der Waals surface area contributed by atoms with Crippen molar-refractivity contribution < 1.29 is 0 Å². The lowest BCUT2D eigenvalue weighted by Gasteiger charge is -2.30. The number of rotatable bonds is 6. The summed E-state index contributed by atoms with van der Waals surface area (Å²) in [5, 5.41) is 0. The number of piperidine rings is 1. The highest BCUT2D eigenvalue weighted by Gasteiger charge is 2.15. The Kier molecular flexibility index (Phi) is 7.52. The Morgan fingerprint density at radius 2 is 1.96 bits per heavy atom. The second-order valence-electron chi connectivity index (χ2n) is 8.58. The monoisotopic (exact) mass is 363 g/mol. The summed E-state index contributed by atoms with van der Waals surface area (Å²) in [6.07, 6.45) is 16.8. The van der Waals surface area contributed by atoms with Crippen LogP contribution in [0.1, 0.15) is 68.6 Å². The maximum Gasteiger partial charge on any atom is -0.00162 e. The third kappa shape index (κ3) is 5.69. The average molecular weight is 364 g/mol. The van der Waals surface area contributed by atoms with E-state index in [1.807, 2.05) is 0 Å². The highest BCUT2D eigenvalue weighted by molar-refractivity contribution is 5.81. The van der Waals surface area contributed by atoms with Gasteiger partial charge in [0.1, 0.15) is 0 Å². The molecule has 1 aliphatic heterocycles. The summed E-state index contributed by atoms with van der Waals surface area (Å²) >= 11 is 0. The Morgan fingerprint density at radius 3 is 2.78 bits per heavy atom. The summed E-state index contributed by atoms with van der Waals surface area (Å²) in [7, 11) is 0. The lowest BCUT2D eigenvalue weighted by Crippen LogP contribution is -2.33. The molecule has 0 atom stereocenters. The van der Waals surface area contributed by atoms with Crippen molar-refractivity contribution in [2.24, 2.45) is 5.92 Å². The van der Waals surface area contributed by atoms with E-state index in [9.17, 15) is 0 Å². The predicted molar refractivity (Wildman–Crippen MR) is 119 cm³/mol. The molecule has 3 rings (SSSR count). The Labute approximate surface area is 166 Å². The fourth-order valence-electron chi connectivity index (χ4n) is 4.41. The van der Waals surface area contributed by atoms with Gasteiger partial charge in [-0.1, -0.05) is 49.9 Å². The number of allylic oxidation sites excluding steroid dienone is 5. The Morgan fingerprint density at radius 1 is 1.15 bits per heavy atom. The van der Waals surface area contributed by atoms with Gasteiger partial charge in [-0.2, -0.15) is 0 Å². The van der Waals surface area contributed by atoms with Crippen molar-refractivity contribution in [3.05, 3.63) is 65.3 Å². The quantitative estimate of drug-likeness (QED) is 0.506. The van der Waals surface area contributed by atoms with E-state index in [0.717, 1.165) is 18.8 Å². The minimum atomic E-state index is 0.929. The van der Waals surface area contributed by atoms with Crippen LogP contribution in [0.3, 0.4) is 0 Å². The molecule has 0 aromatic heterocycles. The van der Waals surface area contributed by atoms with Crippen LogP contribution in [0.2, 0.25) is 0 Å². The first-order valence-corrected chi connectivity index (χ1v) is 11.0. The summed E-state index contributed by atoms with van der Waals surface area (Å²) in [4.78, 5) is 2.67. The SMILES string of the molecule is C=C1CCC/C=C\C=C/1c1cccc(CCCCN2CCC(C)CC2)c1C. The molecule has 1 nitrogen and oxygen atoms in total. The Bertz CT molecular complexity index is 686. The molecule has 0 radical (unpaired) electrons. The first-order valence-electron chi connectivity index (χ1n) is 11.0. The van der Waals surface area contributed by atoms with E-state index < -0.39 is 0 Å². The molecule has 0 spiro atoms. The van der Waals surface area contributed by atoms with E-state index in [1.54, 1.807) is 0 Å². The van der Waals surface area contributed by atoms with Gasteiger partial charge in [-0.05, 0) is 112 Å². The van der Waals surface area contributed by atoms with Gasteiger partial charge in [0.2, 0.25) is 0 Å². The van der Waals surface area contributed by atoms with Gasteiger partial charge < -0.3 is 4.90 Å². The first-order chi connectivity index (χ1) is 13.1. The van der Waals surface area contributed by atoms with Gasteiger partial charge >= 0.3 is 0 Å². The van der Waals surface area contributed by atoms with Gasteiger partial charge in [0.05, 0.1) is 0 Å². The lowest BCUT2D eigenvalue weighted by molar-refractivity contribution is 0.189. The van der Waals surface area contributed by atoms with Crippen LogP contribution in [0, 0.1) is 12.8 Å². The van der Waals surface area contributed by atoms with Crippen molar-refractivity contribution in [2.45, 2.75) is 65.2 Å². The zero-order chi connectivity index (χ0) is 19.1. The minimum Gasteiger partial charge on any atom is -0.303 e. The summed E-state index contributed by atoms with van der Waals surface area (Å²) in [6, 6.07) is 6.84. The van der Waals surface area contributed by atoms with E-state index in [1.165, 1.54) is 86.0 Å². The van der Waals surface area contributed by atoms with Crippen molar-refractivity contribution in [3.8, 4) is 0 Å². The average Bonchev–Trinajstić information content (AvgIpc) is 2.65. The van der Waals surface area contributed by atoms with E-state index in [4.69, 9.17) is 0 Å². The molecule has 1 aliphatic carbocycles. The zero-order valence-electron chi connectivity index (χ0n) is 17.5. The zero-order valence-corrected chi connectivity index (χ0v) is 17.5. The third-order valence-corrected chi connectivity index (χ3v) is 6.41. The molecule has 1 heterocycles. The van der Waals surface area contributed by atoms with Crippen LogP contribution in [0.4, 0.5) is 0 Å². The minimum absolute atomic E-state index is 0.929. The molecular formula is C26H37N. The maximum absolute atomic E-state index is 4.37. The van der Waals surface area contributed by atoms with Crippen molar-refractivity contribution in [2.75, 3.05) is 19.6 Å². The number of hydrogen-bond donors (Lipinski definition) is 0. The first kappa shape index (κ1) is 20.1. The Hall–Kier alpha value is -1.60. The van der Waals surface area contributed by atoms with Crippen LogP contribution in [0.25, 0.3) is 5.57 Å². The second-order valence-corrected chi connectivity index (χ2v) is 8.58. The molecule has 0 saturated carbocycles. The molecular weight excluding hydrogens is 326 g/mol. The van der Waals surface area contributed by atoms with E-state index in [2.05, 4.69) is 61.8 Å². The van der Waals surface area contributed by atoms with Crippen LogP contribution >= 0.6 is 0 Å². The normalized spacial score (nSPS) is 22.7. The second kappa shape index (κ2) is 10.1. The van der Waals surface area contributed by atoms with Gasteiger partial charge in [-0.3, -0.25) is 0 Å². The summed E-state index contributed by atoms with van der Waals surface area (Å²) in [6.45, 7) is 12.9. The van der Waals surface area contributed by atoms with Crippen LogP contribution in [0.5, 0.6) is 0 Å². The highest BCUT2D eigenvalue weighted by atomic mass is 15.1. The number of hydrogen-bond acceptors (Lipinski definition) is 1. The van der Waals surface area contributed by atoms with Crippen LogP contribution in [-0.4, -0.2) is 24.5 Å². The molecule has 0 N–H and O–H groups in total. The van der Waals surface area contributed by atoms with Crippen LogP contribution in [-0.2, 0) is 6.42 Å². The fourth-order valence-corrected chi connectivity index (χ4v) is 4.41. The molecule has 0 amide bonds. The number of nitrogens with zero attached hydrogens (tertiary/aromatic N) is 1. The van der Waals surface area contributed by atoms with Crippen molar-refractivity contribution in [3.63, 3.8) is 0 Å². The molecule has 146 valence electrons. The number of likely N-dealkylation sites (tertiary alicyclic amines) is 1. The highest BCUT2D eigenvalue weighted by Crippen LogP contribution is 2.31. The molecule has 0 unspecified atom stereocenters. The predicted octanol–water partition coefficient (Wildman–Crippen LogP) is 6.73. The van der Waals surface area contributed by atoms with Crippen LogP contribution in [0.15, 0.2) is 48.6 Å². The van der Waals surface area contributed by atoms with Gasteiger partial charge in [0.15, 0.2) is 0 Å². The van der Waals surface area contributed by atoms with Crippen molar-refractivity contribution >= 4 is 5.57 Å². The number of benzene rings is 1. The molecule has 0 bridgehead atoms. The molecule has 27 heavy (non-hydrogen) atoms. The summed E-state index contributed by atoms with van der Waals surface area (Å²) < 4.78 is 0. The van der Waals surface area contributed by atoms with Gasteiger partial charge in [0.25, 0.3) is 0 Å². The van der Waals surface area contributed by atoms with Gasteiger partial charge in [-0.25, -0.2) is 0 Å². The summed E-state index contributed by atoms with van der Waals surface area (Å²) in [5.41, 5.74) is 6.98. The van der Waals surface area contributed by atoms with E-state index in [0.29, 0.717) is 0 Å². The number of unbranched alkanes of at least 4 members (excludes halogenated alkanes) is 1. The fraction of sp³-hybridized carbons (Fsp3) is 0.538.